The van der Waals surface area contributed by atoms with Crippen LogP contribution in [0.25, 0.3) is 0 Å². The summed E-state index contributed by atoms with van der Waals surface area (Å²) in [5, 5.41) is 3.40. The first-order valence-corrected chi connectivity index (χ1v) is 8.08. The number of nitrogens with zero attached hydrogens (tertiary/aromatic N) is 1. The van der Waals surface area contributed by atoms with Gasteiger partial charge in [-0.05, 0) is 36.1 Å². The maximum absolute atomic E-state index is 12.6. The van der Waals surface area contributed by atoms with Crippen molar-refractivity contribution in [1.29, 1.82) is 0 Å². The van der Waals surface area contributed by atoms with Crippen molar-refractivity contribution in [2.24, 2.45) is 5.41 Å². The second kappa shape index (κ2) is 6.42. The molecule has 0 bridgehead atoms. The predicted octanol–water partition coefficient (Wildman–Crippen LogP) is 3.08. The first-order chi connectivity index (χ1) is 10.9. The van der Waals surface area contributed by atoms with E-state index in [4.69, 9.17) is 4.74 Å². The third-order valence-electron chi connectivity index (χ3n) is 4.82. The molecule has 2 heterocycles. The molecule has 0 amide bonds. The van der Waals surface area contributed by atoms with Crippen LogP contribution in [0.2, 0.25) is 0 Å². The van der Waals surface area contributed by atoms with Gasteiger partial charge in [-0.3, -0.25) is 4.90 Å². The molecule has 2 aliphatic rings. The van der Waals surface area contributed by atoms with Crippen LogP contribution in [0.5, 0.6) is 0 Å². The van der Waals surface area contributed by atoms with Crippen molar-refractivity contribution in [2.45, 2.75) is 25.6 Å². The van der Waals surface area contributed by atoms with Crippen LogP contribution in [-0.2, 0) is 10.9 Å². The van der Waals surface area contributed by atoms with Crippen molar-refractivity contribution in [3.8, 4) is 0 Å². The van der Waals surface area contributed by atoms with Crippen LogP contribution in [0.3, 0.4) is 0 Å². The van der Waals surface area contributed by atoms with E-state index in [0.29, 0.717) is 6.61 Å². The molecule has 0 aliphatic carbocycles. The van der Waals surface area contributed by atoms with E-state index in [1.165, 1.54) is 12.1 Å². The molecule has 2 unspecified atom stereocenters. The lowest BCUT2D eigenvalue weighted by molar-refractivity contribution is -0.137. The number of nitrogens with one attached hydrogen (secondary N) is 1. The highest BCUT2D eigenvalue weighted by Crippen LogP contribution is 2.32. The Bertz CT molecular complexity index is 524. The zero-order valence-electron chi connectivity index (χ0n) is 13.3. The van der Waals surface area contributed by atoms with E-state index in [-0.39, 0.29) is 11.5 Å². The Labute approximate surface area is 134 Å². The van der Waals surface area contributed by atoms with Gasteiger partial charge in [-0.2, -0.15) is 13.2 Å². The maximum Gasteiger partial charge on any atom is 0.416 e. The summed E-state index contributed by atoms with van der Waals surface area (Å²) in [5.74, 6) is 0. The van der Waals surface area contributed by atoms with E-state index in [1.807, 2.05) is 0 Å². The molecule has 23 heavy (non-hydrogen) atoms. The second-order valence-corrected chi connectivity index (χ2v) is 6.95. The van der Waals surface area contributed by atoms with Crippen LogP contribution in [0.1, 0.15) is 30.6 Å². The Morgan fingerprint density at radius 1 is 1.30 bits per heavy atom. The second-order valence-electron chi connectivity index (χ2n) is 6.95. The van der Waals surface area contributed by atoms with Gasteiger partial charge in [0.1, 0.15) is 0 Å². The van der Waals surface area contributed by atoms with Crippen LogP contribution in [0, 0.1) is 5.41 Å². The average molecular weight is 328 g/mol. The largest absolute Gasteiger partial charge is 0.416 e. The third kappa shape index (κ3) is 4.05. The van der Waals surface area contributed by atoms with Gasteiger partial charge in [0.25, 0.3) is 0 Å². The van der Waals surface area contributed by atoms with Crippen molar-refractivity contribution in [3.63, 3.8) is 0 Å². The minimum Gasteiger partial charge on any atom is -0.371 e. The molecule has 2 saturated heterocycles. The molecular formula is C17H23F3N2O. The molecule has 0 spiro atoms. The molecule has 128 valence electrons. The van der Waals surface area contributed by atoms with Gasteiger partial charge in [-0.1, -0.05) is 19.1 Å². The summed E-state index contributed by atoms with van der Waals surface area (Å²) >= 11 is 0. The number of alkyl halides is 3. The van der Waals surface area contributed by atoms with Crippen LogP contribution in [0.15, 0.2) is 24.3 Å². The fourth-order valence-corrected chi connectivity index (χ4v) is 3.48. The predicted molar refractivity (Wildman–Crippen MR) is 82.2 cm³/mol. The van der Waals surface area contributed by atoms with Crippen LogP contribution >= 0.6 is 0 Å². The summed E-state index contributed by atoms with van der Waals surface area (Å²) in [6.07, 6.45) is -3.28. The van der Waals surface area contributed by atoms with Gasteiger partial charge in [0.15, 0.2) is 0 Å². The molecule has 2 atom stereocenters. The van der Waals surface area contributed by atoms with E-state index in [2.05, 4.69) is 17.1 Å². The molecule has 0 radical (unpaired) electrons. The van der Waals surface area contributed by atoms with Gasteiger partial charge in [-0.15, -0.1) is 0 Å². The van der Waals surface area contributed by atoms with E-state index in [1.54, 1.807) is 0 Å². The Morgan fingerprint density at radius 3 is 2.65 bits per heavy atom. The maximum atomic E-state index is 12.6. The van der Waals surface area contributed by atoms with Gasteiger partial charge in [0.2, 0.25) is 0 Å². The molecule has 2 aliphatic heterocycles. The van der Waals surface area contributed by atoms with Crippen molar-refractivity contribution < 1.29 is 17.9 Å². The molecule has 1 aromatic carbocycles. The molecule has 2 fully saturated rings. The lowest BCUT2D eigenvalue weighted by Crippen LogP contribution is -2.44. The zero-order chi connectivity index (χ0) is 16.5. The summed E-state index contributed by atoms with van der Waals surface area (Å²) in [4.78, 5) is 2.37. The smallest absolute Gasteiger partial charge is 0.371 e. The van der Waals surface area contributed by atoms with Crippen LogP contribution in [-0.4, -0.2) is 44.2 Å². The Hall–Kier alpha value is -1.11. The fraction of sp³-hybridized carbons (Fsp3) is 0.647. The van der Waals surface area contributed by atoms with E-state index >= 15 is 0 Å². The van der Waals surface area contributed by atoms with Gasteiger partial charge >= 0.3 is 6.18 Å². The molecule has 0 aromatic heterocycles. The lowest BCUT2D eigenvalue weighted by atomic mass is 9.89. The molecule has 3 nitrogen and oxygen atoms in total. The number of benzene rings is 1. The number of ether oxygens (including phenoxy) is 1. The average Bonchev–Trinajstić information content (AvgIpc) is 2.93. The first kappa shape index (κ1) is 16.7. The topological polar surface area (TPSA) is 24.5 Å². The minimum absolute atomic E-state index is 0.149. The monoisotopic (exact) mass is 328 g/mol. The van der Waals surface area contributed by atoms with Crippen LogP contribution in [0.4, 0.5) is 13.2 Å². The summed E-state index contributed by atoms with van der Waals surface area (Å²) < 4.78 is 43.7. The highest BCUT2D eigenvalue weighted by Gasteiger charge is 2.34. The SMILES string of the molecule is CC1(CN2CCOC(c3ccc(C(F)(F)F)cc3)C2)CCNC1. The summed E-state index contributed by atoms with van der Waals surface area (Å²) in [6.45, 7) is 7.61. The van der Waals surface area contributed by atoms with E-state index < -0.39 is 11.7 Å². The summed E-state index contributed by atoms with van der Waals surface area (Å²) in [7, 11) is 0. The van der Waals surface area contributed by atoms with Gasteiger partial charge in [0.05, 0.1) is 18.3 Å². The molecule has 3 rings (SSSR count). The number of hydrogen-bond acceptors (Lipinski definition) is 3. The Morgan fingerprint density at radius 2 is 2.04 bits per heavy atom. The van der Waals surface area contributed by atoms with Gasteiger partial charge in [-0.25, -0.2) is 0 Å². The number of hydrogen-bond donors (Lipinski definition) is 1. The van der Waals surface area contributed by atoms with Crippen molar-refractivity contribution in [3.05, 3.63) is 35.4 Å². The number of halogens is 3. The van der Waals surface area contributed by atoms with E-state index in [9.17, 15) is 13.2 Å². The fourth-order valence-electron chi connectivity index (χ4n) is 3.48. The highest BCUT2D eigenvalue weighted by atomic mass is 19.4. The standard InChI is InChI=1S/C17H23F3N2O/c1-16(6-7-21-11-16)12-22-8-9-23-15(10-22)13-2-4-14(5-3-13)17(18,19)20/h2-5,15,21H,6-12H2,1H3. The zero-order valence-corrected chi connectivity index (χ0v) is 13.3. The molecule has 6 heteroatoms. The third-order valence-corrected chi connectivity index (χ3v) is 4.82. The Kier molecular flexibility index (Phi) is 4.67. The first-order valence-electron chi connectivity index (χ1n) is 8.08. The van der Waals surface area contributed by atoms with Crippen molar-refractivity contribution >= 4 is 0 Å². The highest BCUT2D eigenvalue weighted by molar-refractivity contribution is 5.26. The van der Waals surface area contributed by atoms with Crippen molar-refractivity contribution in [2.75, 3.05) is 39.3 Å². The lowest BCUT2D eigenvalue weighted by Gasteiger charge is -2.37. The quantitative estimate of drug-likeness (QED) is 0.923. The molecule has 0 saturated carbocycles. The van der Waals surface area contributed by atoms with Gasteiger partial charge < -0.3 is 10.1 Å². The minimum atomic E-state index is -4.29. The molecule has 1 N–H and O–H groups in total. The molecular weight excluding hydrogens is 305 g/mol. The Balaban J connectivity index is 1.64. The molecule has 1 aromatic rings. The summed E-state index contributed by atoms with van der Waals surface area (Å²) in [6, 6.07) is 5.35. The van der Waals surface area contributed by atoms with Crippen LogP contribution < -0.4 is 5.32 Å². The normalized spacial score (nSPS) is 29.8. The number of rotatable bonds is 3. The van der Waals surface area contributed by atoms with Gasteiger partial charge in [0, 0.05) is 26.2 Å². The van der Waals surface area contributed by atoms with Crippen molar-refractivity contribution in [1.82, 2.24) is 10.2 Å². The summed E-state index contributed by atoms with van der Waals surface area (Å²) in [5.41, 5.74) is 0.484. The van der Waals surface area contributed by atoms with E-state index in [0.717, 1.165) is 56.8 Å². The number of morpholine rings is 1.